The maximum atomic E-state index is 5.07. The second kappa shape index (κ2) is 3.40. The molecule has 63 valence electrons. The minimum atomic E-state index is 0.719. The number of para-hydroxylation sites is 1. The predicted molar refractivity (Wildman–Crippen MR) is 54.6 cm³/mol. The molecule has 2 heteroatoms. The molecule has 12 heavy (non-hydrogen) atoms. The van der Waals surface area contributed by atoms with E-state index in [9.17, 15) is 0 Å². The minimum absolute atomic E-state index is 0.719. The Hall–Kier alpha value is -0.630. The lowest BCUT2D eigenvalue weighted by molar-refractivity contribution is 0.737. The van der Waals surface area contributed by atoms with Gasteiger partial charge in [0.1, 0.15) is 0 Å². The third kappa shape index (κ3) is 1.31. The average Bonchev–Trinajstić information content (AvgIpc) is 2.17. The maximum Gasteiger partial charge on any atom is 0.0742 e. The monoisotopic (exact) mass is 178 g/mol. The van der Waals surface area contributed by atoms with E-state index in [2.05, 4.69) is 29.2 Å². The van der Waals surface area contributed by atoms with Crippen molar-refractivity contribution in [2.45, 2.75) is 12.8 Å². The highest BCUT2D eigenvalue weighted by atomic mass is 32.1. The Balaban J connectivity index is 2.37. The van der Waals surface area contributed by atoms with Crippen LogP contribution in [0.4, 0.5) is 5.69 Å². The second-order valence-corrected chi connectivity index (χ2v) is 3.38. The van der Waals surface area contributed by atoms with Crippen molar-refractivity contribution in [1.82, 2.24) is 0 Å². The molecule has 1 aromatic rings. The highest BCUT2D eigenvalue weighted by Crippen LogP contribution is 2.26. The van der Waals surface area contributed by atoms with Crippen LogP contribution in [0.5, 0.6) is 0 Å². The summed E-state index contributed by atoms with van der Waals surface area (Å²) >= 11 is 5.07. The Bertz CT molecular complexity index is 272. The van der Waals surface area contributed by atoms with E-state index in [1.165, 1.54) is 24.1 Å². The highest BCUT2D eigenvalue weighted by molar-refractivity contribution is 7.80. The van der Waals surface area contributed by atoms with Gasteiger partial charge in [0.2, 0.25) is 0 Å². The van der Waals surface area contributed by atoms with Gasteiger partial charge in [-0.05, 0) is 24.5 Å². The van der Waals surface area contributed by atoms with E-state index in [0.717, 1.165) is 12.4 Å². The lowest BCUT2D eigenvalue weighted by Gasteiger charge is -2.29. The molecule has 1 aliphatic heterocycles. The van der Waals surface area contributed by atoms with E-state index in [4.69, 9.17) is 12.6 Å². The van der Waals surface area contributed by atoms with Crippen molar-refractivity contribution >= 4 is 18.3 Å². The number of fused-ring (bicyclic) bond motifs is 1. The van der Waals surface area contributed by atoms with E-state index in [1.54, 1.807) is 0 Å². The predicted octanol–water partition coefficient (Wildman–Crippen LogP) is 2.59. The number of rotatable bonds is 1. The molecule has 0 N–H and O–H groups in total. The summed E-state index contributed by atoms with van der Waals surface area (Å²) in [4.78, 5) is 2.27. The average molecular weight is 178 g/mol. The van der Waals surface area contributed by atoms with Crippen LogP contribution >= 0.6 is 12.6 Å². The van der Waals surface area contributed by atoms with Gasteiger partial charge in [0.25, 0.3) is 0 Å². The zero-order chi connectivity index (χ0) is 8.39. The van der Waals surface area contributed by atoms with E-state index in [-0.39, 0.29) is 0 Å². The van der Waals surface area contributed by atoms with Crippen molar-refractivity contribution in [3.8, 4) is 0 Å². The van der Waals surface area contributed by atoms with Crippen molar-refractivity contribution in [3.05, 3.63) is 29.8 Å². The molecule has 2 rings (SSSR count). The van der Waals surface area contributed by atoms with Crippen LogP contribution in [0, 0.1) is 0 Å². The number of benzene rings is 1. The fourth-order valence-electron chi connectivity index (χ4n) is 1.75. The zero-order valence-electron chi connectivity index (χ0n) is 6.99. The van der Waals surface area contributed by atoms with Gasteiger partial charge in [0.05, 0.1) is 5.88 Å². The summed E-state index contributed by atoms with van der Waals surface area (Å²) in [6, 6.07) is 8.56. The Labute approximate surface area is 78.8 Å². The molecule has 1 radical (unpaired) electrons. The van der Waals surface area contributed by atoms with Crippen LogP contribution in [0.3, 0.4) is 0 Å². The number of anilines is 1. The molecule has 1 aliphatic rings. The first kappa shape index (κ1) is 7.99. The molecule has 1 nitrogen and oxygen atoms in total. The molecule has 0 saturated carbocycles. The van der Waals surface area contributed by atoms with Crippen LogP contribution in [0.25, 0.3) is 0 Å². The van der Waals surface area contributed by atoms with Crippen LogP contribution in [-0.4, -0.2) is 12.4 Å². The number of hydrogen-bond donors (Lipinski definition) is 0. The Kier molecular flexibility index (Phi) is 2.26. The number of hydrogen-bond acceptors (Lipinski definition) is 1. The van der Waals surface area contributed by atoms with Crippen molar-refractivity contribution in [3.63, 3.8) is 0 Å². The van der Waals surface area contributed by atoms with Crippen molar-refractivity contribution in [2.75, 3.05) is 17.3 Å². The molecule has 0 aliphatic carbocycles. The van der Waals surface area contributed by atoms with Crippen LogP contribution in [0.15, 0.2) is 24.3 Å². The van der Waals surface area contributed by atoms with E-state index < -0.39 is 0 Å². The smallest absolute Gasteiger partial charge is 0.0742 e. The van der Waals surface area contributed by atoms with Gasteiger partial charge in [-0.1, -0.05) is 30.8 Å². The molecule has 0 unspecified atom stereocenters. The van der Waals surface area contributed by atoms with Gasteiger partial charge in [-0.2, -0.15) is 0 Å². The van der Waals surface area contributed by atoms with E-state index >= 15 is 0 Å². The quantitative estimate of drug-likeness (QED) is 0.639. The summed E-state index contributed by atoms with van der Waals surface area (Å²) < 4.78 is 0. The van der Waals surface area contributed by atoms with Crippen LogP contribution in [0.1, 0.15) is 12.0 Å². The molecule has 0 fully saturated rings. The van der Waals surface area contributed by atoms with Crippen molar-refractivity contribution in [2.24, 2.45) is 0 Å². The summed E-state index contributed by atoms with van der Waals surface area (Å²) in [5.74, 6) is 0.719. The molecule has 1 heterocycles. The minimum Gasteiger partial charge on any atom is -0.361 e. The van der Waals surface area contributed by atoms with Gasteiger partial charge < -0.3 is 4.90 Å². The summed E-state index contributed by atoms with van der Waals surface area (Å²) in [6.07, 6.45) is 2.45. The maximum absolute atomic E-state index is 5.07. The molecular weight excluding hydrogens is 166 g/mol. The third-order valence-corrected chi connectivity index (χ3v) is 2.67. The van der Waals surface area contributed by atoms with Crippen LogP contribution in [-0.2, 0) is 6.42 Å². The highest BCUT2D eigenvalue weighted by Gasteiger charge is 2.13. The van der Waals surface area contributed by atoms with E-state index in [0.29, 0.717) is 0 Å². The number of aryl methyl sites for hydroxylation is 1. The Morgan fingerprint density at radius 2 is 2.17 bits per heavy atom. The first-order chi connectivity index (χ1) is 5.92. The molecule has 0 spiro atoms. The fraction of sp³-hybridized carbons (Fsp3) is 0.400. The summed E-state index contributed by atoms with van der Waals surface area (Å²) in [6.45, 7) is 1.13. The molecule has 1 aromatic carbocycles. The normalized spacial score (nSPS) is 15.9. The Morgan fingerprint density at radius 1 is 1.33 bits per heavy atom. The van der Waals surface area contributed by atoms with Gasteiger partial charge in [-0.15, -0.1) is 0 Å². The fourth-order valence-corrected chi connectivity index (χ4v) is 2.01. The summed E-state index contributed by atoms with van der Waals surface area (Å²) in [5, 5.41) is 0. The third-order valence-electron chi connectivity index (χ3n) is 2.36. The van der Waals surface area contributed by atoms with E-state index in [1.807, 2.05) is 0 Å². The Morgan fingerprint density at radius 3 is 3.00 bits per heavy atom. The van der Waals surface area contributed by atoms with Crippen LogP contribution < -0.4 is 4.90 Å². The topological polar surface area (TPSA) is 3.24 Å². The first-order valence-corrected chi connectivity index (χ1v) is 4.90. The zero-order valence-corrected chi connectivity index (χ0v) is 7.81. The molecule has 0 saturated heterocycles. The first-order valence-electron chi connectivity index (χ1n) is 4.33. The van der Waals surface area contributed by atoms with Gasteiger partial charge in [-0.3, -0.25) is 0 Å². The van der Waals surface area contributed by atoms with Crippen molar-refractivity contribution < 1.29 is 0 Å². The van der Waals surface area contributed by atoms with Gasteiger partial charge in [0, 0.05) is 12.2 Å². The standard InChI is InChI=1S/C10H12NS/c12-8-11-7-3-5-9-4-1-2-6-10(9)11/h1-2,4,6H,3,5,7-8H2. The van der Waals surface area contributed by atoms with Crippen LogP contribution in [0.2, 0.25) is 0 Å². The molecule has 0 amide bonds. The molecular formula is C10H12NS. The van der Waals surface area contributed by atoms with Gasteiger partial charge >= 0.3 is 0 Å². The lowest BCUT2D eigenvalue weighted by atomic mass is 10.0. The summed E-state index contributed by atoms with van der Waals surface area (Å²) in [5.41, 5.74) is 2.80. The lowest BCUT2D eigenvalue weighted by Crippen LogP contribution is -2.27. The van der Waals surface area contributed by atoms with Gasteiger partial charge in [-0.25, -0.2) is 0 Å². The molecule has 0 atom stereocenters. The number of nitrogens with zero attached hydrogens (tertiary/aromatic N) is 1. The van der Waals surface area contributed by atoms with Gasteiger partial charge in [0.15, 0.2) is 0 Å². The second-order valence-electron chi connectivity index (χ2n) is 3.12. The molecule has 0 bridgehead atoms. The molecule has 0 aromatic heterocycles. The summed E-state index contributed by atoms with van der Waals surface area (Å²) in [7, 11) is 0. The largest absolute Gasteiger partial charge is 0.361 e. The van der Waals surface area contributed by atoms with Crippen molar-refractivity contribution in [1.29, 1.82) is 0 Å². The SMILES string of the molecule is [S]CN1CCCc2ccccc21.